The largest absolute Gasteiger partial charge is 0.486 e. The Morgan fingerprint density at radius 1 is 0.755 bits per heavy atom. The Morgan fingerprint density at radius 2 is 1.43 bits per heavy atom. The summed E-state index contributed by atoms with van der Waals surface area (Å²) >= 11 is 1.44. The third-order valence-electron chi connectivity index (χ3n) is 8.45. The summed E-state index contributed by atoms with van der Waals surface area (Å²) < 4.78 is 19.4. The van der Waals surface area contributed by atoms with Crippen molar-refractivity contribution < 1.29 is 38.2 Å². The quantitative estimate of drug-likeness (QED) is 0.255. The average Bonchev–Trinajstić information content (AvgIpc) is 3.61. The minimum Gasteiger partial charge on any atom is -0.486 e. The first-order valence-electron chi connectivity index (χ1n) is 16.0. The molecule has 11 heteroatoms. The van der Waals surface area contributed by atoms with Gasteiger partial charge in [-0.1, -0.05) is 60.7 Å². The fourth-order valence-electron chi connectivity index (χ4n) is 5.79. The monoisotopic (exact) mass is 684 g/mol. The van der Waals surface area contributed by atoms with E-state index in [1.165, 1.54) is 35.6 Å². The van der Waals surface area contributed by atoms with Crippen molar-refractivity contribution in [3.63, 3.8) is 0 Å². The third-order valence-corrected chi connectivity index (χ3v) is 9.35. The van der Waals surface area contributed by atoms with Gasteiger partial charge in [0.15, 0.2) is 11.6 Å². The maximum absolute atomic E-state index is 14.0. The maximum Gasteiger partial charge on any atom is 0.307 e. The van der Waals surface area contributed by atoms with Gasteiger partial charge in [0.05, 0.1) is 12.0 Å². The van der Waals surface area contributed by atoms with Crippen LogP contribution in [0.25, 0.3) is 0 Å². The van der Waals surface area contributed by atoms with E-state index >= 15 is 0 Å². The Kier molecular flexibility index (Phi) is 12.0. The normalized spacial score (nSPS) is 21.1. The molecule has 0 radical (unpaired) electrons. The number of carbonyl (C=O) groups excluding carboxylic acids is 4. The van der Waals surface area contributed by atoms with Gasteiger partial charge in [-0.2, -0.15) is 0 Å². The predicted octanol–water partition coefficient (Wildman–Crippen LogP) is 4.76. The van der Waals surface area contributed by atoms with Crippen molar-refractivity contribution in [3.05, 3.63) is 124 Å². The maximum atomic E-state index is 14.0. The minimum atomic E-state index is -1.20. The average molecular weight is 685 g/mol. The van der Waals surface area contributed by atoms with Crippen molar-refractivity contribution in [1.29, 1.82) is 0 Å². The number of rotatable bonds is 7. The molecule has 2 aliphatic rings. The fourth-order valence-corrected chi connectivity index (χ4v) is 6.57. The smallest absolute Gasteiger partial charge is 0.307 e. The molecule has 3 N–H and O–H groups in total. The summed E-state index contributed by atoms with van der Waals surface area (Å²) in [5.41, 5.74) is 1.96. The number of hydrogen-bond donors (Lipinski definition) is 3. The van der Waals surface area contributed by atoms with Gasteiger partial charge in [-0.15, -0.1) is 11.3 Å². The summed E-state index contributed by atoms with van der Waals surface area (Å²) in [4.78, 5) is 68.1. The van der Waals surface area contributed by atoms with Crippen molar-refractivity contribution in [2.45, 2.75) is 50.6 Å². The number of fused-ring (bicyclic) bond motifs is 16. The van der Waals surface area contributed by atoms with Crippen molar-refractivity contribution >= 4 is 40.7 Å². The molecule has 1 aromatic heterocycles. The Morgan fingerprint density at radius 3 is 2.10 bits per heavy atom. The number of thiophene rings is 1. The van der Waals surface area contributed by atoms with Crippen molar-refractivity contribution in [1.82, 2.24) is 10.6 Å². The zero-order chi connectivity index (χ0) is 34.8. The Labute approximate surface area is 287 Å². The molecule has 4 atom stereocenters. The molecule has 0 aliphatic carbocycles. The number of ether oxygens (including phenoxy) is 1. The van der Waals surface area contributed by atoms with E-state index in [0.29, 0.717) is 16.9 Å². The van der Waals surface area contributed by atoms with Crippen molar-refractivity contribution in [2.24, 2.45) is 11.8 Å². The highest BCUT2D eigenvalue weighted by atomic mass is 32.1. The van der Waals surface area contributed by atoms with Crippen LogP contribution in [0.1, 0.15) is 34.4 Å². The van der Waals surface area contributed by atoms with Crippen LogP contribution < -0.4 is 15.4 Å². The van der Waals surface area contributed by atoms with E-state index in [1.54, 1.807) is 48.5 Å². The lowest BCUT2D eigenvalue weighted by molar-refractivity contribution is -0.144. The summed E-state index contributed by atoms with van der Waals surface area (Å²) in [6, 6.07) is 22.6. The van der Waals surface area contributed by atoms with Crippen molar-refractivity contribution in [3.8, 4) is 5.75 Å². The van der Waals surface area contributed by atoms with Crippen LogP contribution in [0.4, 0.5) is 4.39 Å². The highest BCUT2D eigenvalue weighted by Gasteiger charge is 2.32. The van der Waals surface area contributed by atoms with E-state index in [0.717, 1.165) is 10.4 Å². The molecule has 9 nitrogen and oxygen atoms in total. The van der Waals surface area contributed by atoms with Crippen LogP contribution in [0.2, 0.25) is 0 Å². The summed E-state index contributed by atoms with van der Waals surface area (Å²) in [5.74, 6) is -5.15. The second-order valence-electron chi connectivity index (χ2n) is 12.2. The number of Topliss-reactive ketones (excluding diaryl/α,β-unsaturated/α-hetero) is 2. The zero-order valence-corrected chi connectivity index (χ0v) is 27.5. The highest BCUT2D eigenvalue weighted by Crippen LogP contribution is 2.22. The van der Waals surface area contributed by atoms with Crippen LogP contribution in [0.15, 0.2) is 96.4 Å². The summed E-state index contributed by atoms with van der Waals surface area (Å²) in [6.07, 6.45) is -0.130. The first-order valence-corrected chi connectivity index (χ1v) is 16.9. The van der Waals surface area contributed by atoms with Gasteiger partial charge in [-0.05, 0) is 71.7 Å². The molecule has 3 aromatic carbocycles. The van der Waals surface area contributed by atoms with E-state index in [-0.39, 0.29) is 50.9 Å². The van der Waals surface area contributed by atoms with E-state index in [4.69, 9.17) is 4.74 Å². The lowest BCUT2D eigenvalue weighted by Crippen LogP contribution is -2.54. The van der Waals surface area contributed by atoms with E-state index in [1.807, 2.05) is 23.6 Å². The number of benzene rings is 3. The van der Waals surface area contributed by atoms with E-state index in [9.17, 15) is 33.5 Å². The van der Waals surface area contributed by atoms with Gasteiger partial charge >= 0.3 is 5.97 Å². The molecular formula is C38H37FN2O7S. The van der Waals surface area contributed by atoms with E-state index < -0.39 is 53.3 Å². The second kappa shape index (κ2) is 16.8. The molecular weight excluding hydrogens is 647 g/mol. The molecule has 4 aromatic rings. The number of carboxylic acids is 1. The van der Waals surface area contributed by atoms with Crippen LogP contribution >= 0.6 is 11.3 Å². The number of halogens is 1. The summed E-state index contributed by atoms with van der Waals surface area (Å²) in [6.45, 7) is -0.291. The molecule has 2 aliphatic heterocycles. The minimum absolute atomic E-state index is 0.0292. The van der Waals surface area contributed by atoms with Gasteiger partial charge in [0.25, 0.3) is 0 Å². The van der Waals surface area contributed by atoms with Gasteiger partial charge in [0.2, 0.25) is 11.8 Å². The van der Waals surface area contributed by atoms with Gasteiger partial charge in [0, 0.05) is 30.1 Å². The predicted molar refractivity (Wildman–Crippen MR) is 182 cm³/mol. The Bertz CT molecular complexity index is 1750. The molecule has 254 valence electrons. The Hall–Kier alpha value is -5.16. The molecule has 0 unspecified atom stereocenters. The van der Waals surface area contributed by atoms with Crippen LogP contribution in [-0.2, 0) is 49.7 Å². The van der Waals surface area contributed by atoms with Gasteiger partial charge in [-0.3, -0.25) is 24.0 Å². The van der Waals surface area contributed by atoms with Gasteiger partial charge in [-0.25, -0.2) is 4.39 Å². The number of carboxylic acid groups (broad SMARTS) is 1. The molecule has 49 heavy (non-hydrogen) atoms. The number of hydrogen-bond acceptors (Lipinski definition) is 7. The van der Waals surface area contributed by atoms with Crippen LogP contribution in [0, 0.1) is 17.7 Å². The lowest BCUT2D eigenvalue weighted by atomic mass is 9.90. The van der Waals surface area contributed by atoms with Crippen LogP contribution in [0.5, 0.6) is 5.75 Å². The molecule has 0 saturated heterocycles. The summed E-state index contributed by atoms with van der Waals surface area (Å²) in [5, 5.41) is 17.5. The number of nitrogens with one attached hydrogen (secondary N) is 2. The number of amides is 2. The second-order valence-corrected chi connectivity index (χ2v) is 13.2. The van der Waals surface area contributed by atoms with Crippen molar-refractivity contribution in [2.75, 3.05) is 6.61 Å². The standard InChI is InChI=1S/C38H37FN2O7S/c39-29-12-8-26(9-13-29)19-34-37(45)40-33(18-24-5-2-1-3-6-24)35(43)22-28(38(46)47)17-25-10-14-31(15-11-25)48-23-30(42)20-27(36(44)41-34)21-32-7-4-16-49-32/h1-16,27-28,33-34H,17-23H2,(H,40,45)(H,41,44)(H,46,47)/t27-,28+,33-,34+/m0/s1. The molecule has 2 bridgehead atoms. The molecule has 0 saturated carbocycles. The van der Waals surface area contributed by atoms with Crippen LogP contribution in [0.3, 0.4) is 0 Å². The van der Waals surface area contributed by atoms with Gasteiger partial charge < -0.3 is 20.5 Å². The molecule has 0 spiro atoms. The zero-order valence-electron chi connectivity index (χ0n) is 26.7. The number of carbonyl (C=O) groups is 5. The van der Waals surface area contributed by atoms with E-state index in [2.05, 4.69) is 10.6 Å². The van der Waals surface area contributed by atoms with Gasteiger partial charge in [0.1, 0.15) is 24.2 Å². The topological polar surface area (TPSA) is 139 Å². The Balaban J connectivity index is 1.50. The first-order chi connectivity index (χ1) is 23.6. The molecule has 2 amide bonds. The lowest BCUT2D eigenvalue weighted by Gasteiger charge is -2.25. The number of aliphatic carboxylic acids is 1. The highest BCUT2D eigenvalue weighted by molar-refractivity contribution is 7.09. The SMILES string of the molecule is O=C1COc2ccc(cc2)C[C@@H](C(=O)O)CC(=O)[C@H](Cc2ccccc2)NC(=O)[C@@H](Cc2ccc(F)cc2)NC(=O)[C@H](Cc2cccs2)C1. The van der Waals surface area contributed by atoms with Crippen LogP contribution in [-0.4, -0.2) is 53.1 Å². The molecule has 6 rings (SSSR count). The molecule has 0 fully saturated rings. The summed E-state index contributed by atoms with van der Waals surface area (Å²) in [7, 11) is 0. The third kappa shape index (κ3) is 10.4. The fraction of sp³-hybridized carbons (Fsp3) is 0.289. The molecule has 3 heterocycles. The number of ketones is 2. The first kappa shape index (κ1) is 35.2.